The highest BCUT2D eigenvalue weighted by molar-refractivity contribution is 5.99. The summed E-state index contributed by atoms with van der Waals surface area (Å²) >= 11 is 0. The van der Waals surface area contributed by atoms with Gasteiger partial charge in [0, 0.05) is 12.0 Å². The number of hydrogen-bond donors (Lipinski definition) is 3. The van der Waals surface area contributed by atoms with E-state index in [1.807, 2.05) is 48.5 Å². The average Bonchev–Trinajstić information content (AvgIpc) is 3.39. The topological polar surface area (TPSA) is 144 Å². The summed E-state index contributed by atoms with van der Waals surface area (Å²) < 4.78 is 10.1. The van der Waals surface area contributed by atoms with Crippen LogP contribution in [-0.2, 0) is 9.53 Å². The zero-order chi connectivity index (χ0) is 24.2. The molecule has 2 amide bonds. The second kappa shape index (κ2) is 9.74. The van der Waals surface area contributed by atoms with Gasteiger partial charge >= 0.3 is 12.1 Å². The third kappa shape index (κ3) is 4.75. The van der Waals surface area contributed by atoms with Crippen molar-refractivity contribution in [2.75, 3.05) is 11.9 Å². The van der Waals surface area contributed by atoms with E-state index in [2.05, 4.69) is 25.6 Å². The number of carbonyl (C=O) groups excluding carboxylic acids is 2. The third-order valence-corrected chi connectivity index (χ3v) is 5.78. The van der Waals surface area contributed by atoms with Gasteiger partial charge < -0.3 is 15.2 Å². The van der Waals surface area contributed by atoms with Gasteiger partial charge in [0.15, 0.2) is 0 Å². The monoisotopic (exact) mass is 464 g/mol. The van der Waals surface area contributed by atoms with E-state index in [1.165, 1.54) is 0 Å². The van der Waals surface area contributed by atoms with Gasteiger partial charge in [-0.3, -0.25) is 14.9 Å². The van der Waals surface area contributed by atoms with Gasteiger partial charge in [-0.05, 0) is 38.5 Å². The molecule has 3 aromatic rings. The highest BCUT2D eigenvalue weighted by Crippen LogP contribution is 2.44. The number of fused-ring (bicyclic) bond motifs is 3. The number of nitrogens with zero attached hydrogens (tertiary/aromatic N) is 2. The lowest BCUT2D eigenvalue weighted by atomic mass is 9.98. The average molecular weight is 464 g/mol. The van der Waals surface area contributed by atoms with Crippen molar-refractivity contribution in [3.05, 3.63) is 65.4 Å². The Labute approximate surface area is 195 Å². The second-order valence-electron chi connectivity index (χ2n) is 8.33. The van der Waals surface area contributed by atoms with Crippen LogP contribution in [0, 0.1) is 5.92 Å². The maximum Gasteiger partial charge on any atom is 0.412 e. The number of ether oxygens (including phenoxy) is 1. The molecule has 0 saturated heterocycles. The molecule has 1 aliphatic rings. The van der Waals surface area contributed by atoms with E-state index in [1.54, 1.807) is 13.8 Å². The number of aromatic nitrogens is 2. The lowest BCUT2D eigenvalue weighted by Gasteiger charge is -2.19. The van der Waals surface area contributed by atoms with E-state index in [9.17, 15) is 14.4 Å². The zero-order valence-electron chi connectivity index (χ0n) is 18.6. The number of rotatable bonds is 8. The first-order valence-corrected chi connectivity index (χ1v) is 10.8. The van der Waals surface area contributed by atoms with Gasteiger partial charge in [-0.1, -0.05) is 62.4 Å². The number of anilines is 1. The maximum absolute atomic E-state index is 12.6. The lowest BCUT2D eigenvalue weighted by molar-refractivity contribution is -0.137. The molecule has 34 heavy (non-hydrogen) atoms. The third-order valence-electron chi connectivity index (χ3n) is 5.78. The molecular formula is C24H24N4O6. The Bertz CT molecular complexity index is 1180. The number of carboxylic acid groups (broad SMARTS) is 1. The van der Waals surface area contributed by atoms with Gasteiger partial charge in [0.2, 0.25) is 11.5 Å². The van der Waals surface area contributed by atoms with Crippen molar-refractivity contribution in [3.8, 4) is 11.1 Å². The number of nitrogens with one attached hydrogen (secondary N) is 2. The van der Waals surface area contributed by atoms with Crippen LogP contribution in [-0.4, -0.2) is 46.0 Å². The standard InChI is InChI=1S/C24H24N4O6/c1-13(2)19(11-20(29)30)25-23(31)21-22(28-34-27-21)26-24(32)33-12-18-16-9-5-3-7-14(16)15-8-4-6-10-17(15)18/h3-10,13,18-19H,11-12H2,1-2H3,(H,25,31)(H,29,30)(H,26,28,32)/t19-/m1/s1. The number of benzene rings is 2. The van der Waals surface area contributed by atoms with Gasteiger partial charge in [-0.25, -0.2) is 9.42 Å². The van der Waals surface area contributed by atoms with Gasteiger partial charge in [0.25, 0.3) is 5.91 Å². The SMILES string of the molecule is CC(C)[C@@H](CC(=O)O)NC(=O)c1nonc1NC(=O)OCC1c2ccccc2-c2ccccc21. The molecule has 0 spiro atoms. The molecule has 1 atom stereocenters. The quantitative estimate of drug-likeness (QED) is 0.458. The number of carbonyl (C=O) groups is 3. The van der Waals surface area contributed by atoms with Crippen LogP contribution in [0.15, 0.2) is 53.2 Å². The van der Waals surface area contributed by atoms with Crippen LogP contribution in [0.2, 0.25) is 0 Å². The molecule has 2 aromatic carbocycles. The van der Waals surface area contributed by atoms with Crippen LogP contribution in [0.3, 0.4) is 0 Å². The van der Waals surface area contributed by atoms with Crippen molar-refractivity contribution in [1.29, 1.82) is 0 Å². The van der Waals surface area contributed by atoms with E-state index in [4.69, 9.17) is 9.84 Å². The van der Waals surface area contributed by atoms with Gasteiger partial charge in [0.05, 0.1) is 6.42 Å². The summed E-state index contributed by atoms with van der Waals surface area (Å²) in [5.74, 6) is -2.24. The van der Waals surface area contributed by atoms with Crippen molar-refractivity contribution in [2.45, 2.75) is 32.2 Å². The van der Waals surface area contributed by atoms with Crippen LogP contribution in [0.25, 0.3) is 11.1 Å². The highest BCUT2D eigenvalue weighted by atomic mass is 16.6. The van der Waals surface area contributed by atoms with Crippen LogP contribution < -0.4 is 10.6 Å². The minimum Gasteiger partial charge on any atom is -0.481 e. The summed E-state index contributed by atoms with van der Waals surface area (Å²) in [5.41, 5.74) is 4.07. The number of aliphatic carboxylic acids is 1. The Kier molecular flexibility index (Phi) is 6.58. The summed E-state index contributed by atoms with van der Waals surface area (Å²) in [5, 5.41) is 21.1. The molecule has 4 rings (SSSR count). The van der Waals surface area contributed by atoms with Crippen LogP contribution in [0.5, 0.6) is 0 Å². The first kappa shape index (κ1) is 23.0. The highest BCUT2D eigenvalue weighted by Gasteiger charge is 2.30. The van der Waals surface area contributed by atoms with Gasteiger partial charge in [0.1, 0.15) is 6.61 Å². The molecule has 0 bridgehead atoms. The molecular weight excluding hydrogens is 440 g/mol. The minimum absolute atomic E-state index is 0.0840. The Morgan fingerprint density at radius 2 is 1.65 bits per heavy atom. The number of carboxylic acids is 1. The van der Waals surface area contributed by atoms with E-state index in [0.717, 1.165) is 22.3 Å². The summed E-state index contributed by atoms with van der Waals surface area (Å²) in [6.45, 7) is 3.65. The molecule has 0 unspecified atom stereocenters. The van der Waals surface area contributed by atoms with E-state index in [-0.39, 0.29) is 36.4 Å². The van der Waals surface area contributed by atoms with Crippen molar-refractivity contribution in [1.82, 2.24) is 15.6 Å². The van der Waals surface area contributed by atoms with Gasteiger partial charge in [-0.2, -0.15) is 0 Å². The largest absolute Gasteiger partial charge is 0.481 e. The summed E-state index contributed by atoms with van der Waals surface area (Å²) in [6, 6.07) is 15.3. The molecule has 0 radical (unpaired) electrons. The Balaban J connectivity index is 1.41. The molecule has 0 aliphatic heterocycles. The van der Waals surface area contributed by atoms with Crippen molar-refractivity contribution in [2.24, 2.45) is 5.92 Å². The van der Waals surface area contributed by atoms with Crippen LogP contribution in [0.4, 0.5) is 10.6 Å². The Morgan fingerprint density at radius 3 is 2.24 bits per heavy atom. The Hall–Kier alpha value is -4.21. The van der Waals surface area contributed by atoms with Gasteiger partial charge in [-0.15, -0.1) is 0 Å². The normalized spacial score (nSPS) is 13.1. The number of amides is 2. The lowest BCUT2D eigenvalue weighted by Crippen LogP contribution is -2.40. The fourth-order valence-corrected chi connectivity index (χ4v) is 4.03. The molecule has 3 N–H and O–H groups in total. The second-order valence-corrected chi connectivity index (χ2v) is 8.33. The minimum atomic E-state index is -1.05. The molecule has 0 saturated carbocycles. The summed E-state index contributed by atoms with van der Waals surface area (Å²) in [7, 11) is 0. The van der Waals surface area contributed by atoms with Crippen molar-refractivity contribution >= 4 is 23.8 Å². The van der Waals surface area contributed by atoms with Crippen LogP contribution in [0.1, 0.15) is 47.8 Å². The maximum atomic E-state index is 12.6. The fourth-order valence-electron chi connectivity index (χ4n) is 4.03. The molecule has 1 aliphatic carbocycles. The number of hydrogen-bond acceptors (Lipinski definition) is 7. The van der Waals surface area contributed by atoms with Crippen molar-refractivity contribution in [3.63, 3.8) is 0 Å². The molecule has 176 valence electrons. The van der Waals surface area contributed by atoms with Crippen molar-refractivity contribution < 1.29 is 28.9 Å². The van der Waals surface area contributed by atoms with E-state index >= 15 is 0 Å². The predicted octanol–water partition coefficient (Wildman–Crippen LogP) is 3.66. The predicted molar refractivity (Wildman–Crippen MR) is 121 cm³/mol. The molecule has 10 heteroatoms. The smallest absolute Gasteiger partial charge is 0.412 e. The molecule has 1 heterocycles. The fraction of sp³-hybridized carbons (Fsp3) is 0.292. The first-order valence-electron chi connectivity index (χ1n) is 10.8. The zero-order valence-corrected chi connectivity index (χ0v) is 18.6. The summed E-state index contributed by atoms with van der Waals surface area (Å²) in [4.78, 5) is 36.1. The molecule has 0 fully saturated rings. The molecule has 1 aromatic heterocycles. The van der Waals surface area contributed by atoms with E-state index in [0.29, 0.717) is 0 Å². The molecule has 10 nitrogen and oxygen atoms in total. The van der Waals surface area contributed by atoms with E-state index < -0.39 is 24.0 Å². The van der Waals surface area contributed by atoms with Crippen LogP contribution >= 0.6 is 0 Å². The Morgan fingerprint density at radius 1 is 1.03 bits per heavy atom. The first-order chi connectivity index (χ1) is 16.3. The summed E-state index contributed by atoms with van der Waals surface area (Å²) in [6.07, 6.45) is -1.08.